The van der Waals surface area contributed by atoms with Crippen molar-refractivity contribution in [1.29, 1.82) is 0 Å². The number of benzene rings is 2. The van der Waals surface area contributed by atoms with E-state index in [1.807, 2.05) is 31.2 Å². The zero-order valence-corrected chi connectivity index (χ0v) is 21.6. The first kappa shape index (κ1) is 26.0. The van der Waals surface area contributed by atoms with Gasteiger partial charge in [-0.3, -0.25) is 9.59 Å². The van der Waals surface area contributed by atoms with Gasteiger partial charge in [0.25, 0.3) is 0 Å². The molecule has 9 nitrogen and oxygen atoms in total. The Hall–Kier alpha value is -3.66. The second-order valence-electron chi connectivity index (χ2n) is 10.1. The van der Waals surface area contributed by atoms with Crippen LogP contribution in [0.2, 0.25) is 0 Å². The van der Waals surface area contributed by atoms with Crippen molar-refractivity contribution in [2.75, 3.05) is 13.2 Å². The lowest BCUT2D eigenvalue weighted by molar-refractivity contribution is -0.143. The van der Waals surface area contributed by atoms with Crippen molar-refractivity contribution in [2.24, 2.45) is 0 Å². The quantitative estimate of drug-likeness (QED) is 0.463. The van der Waals surface area contributed by atoms with E-state index in [9.17, 15) is 14.0 Å². The van der Waals surface area contributed by atoms with Crippen LogP contribution in [-0.2, 0) is 20.9 Å². The normalized spacial score (nSPS) is 18.4. The zero-order chi connectivity index (χ0) is 26.5. The predicted octanol–water partition coefficient (Wildman–Crippen LogP) is 3.60. The van der Waals surface area contributed by atoms with E-state index < -0.39 is 11.9 Å². The average Bonchev–Trinajstić information content (AvgIpc) is 3.69. The number of hydrogen-bond acceptors (Lipinski definition) is 6. The van der Waals surface area contributed by atoms with Crippen molar-refractivity contribution < 1.29 is 18.7 Å². The second-order valence-corrected chi connectivity index (χ2v) is 10.1. The zero-order valence-electron chi connectivity index (χ0n) is 21.6. The summed E-state index contributed by atoms with van der Waals surface area (Å²) in [4.78, 5) is 30.3. The number of aryl methyl sites for hydroxylation is 1. The van der Waals surface area contributed by atoms with Crippen LogP contribution in [0.15, 0.2) is 48.5 Å². The largest absolute Gasteiger partial charge is 0.376 e. The lowest BCUT2D eigenvalue weighted by Gasteiger charge is -2.33. The summed E-state index contributed by atoms with van der Waals surface area (Å²) in [6, 6.07) is 12.6. The number of carbonyl (C=O) groups is 2. The number of halogens is 1. The number of amides is 2. The van der Waals surface area contributed by atoms with Crippen molar-refractivity contribution in [2.45, 2.75) is 70.2 Å². The monoisotopic (exact) mass is 520 g/mol. The van der Waals surface area contributed by atoms with Gasteiger partial charge in [0.2, 0.25) is 17.6 Å². The molecule has 1 saturated carbocycles. The number of nitrogens with one attached hydrogen (secondary N) is 1. The van der Waals surface area contributed by atoms with Crippen LogP contribution >= 0.6 is 0 Å². The van der Waals surface area contributed by atoms with Crippen LogP contribution in [0, 0.1) is 12.7 Å². The minimum atomic E-state index is -0.937. The van der Waals surface area contributed by atoms with Gasteiger partial charge >= 0.3 is 0 Å². The molecular formula is C28H33FN6O3. The maximum Gasteiger partial charge on any atom is 0.247 e. The smallest absolute Gasteiger partial charge is 0.247 e. The lowest BCUT2D eigenvalue weighted by atomic mass is 10.0. The van der Waals surface area contributed by atoms with Crippen molar-refractivity contribution in [3.63, 3.8) is 0 Å². The van der Waals surface area contributed by atoms with Gasteiger partial charge in [-0.05, 0) is 55.5 Å². The molecule has 1 N–H and O–H groups in total. The molecule has 1 saturated heterocycles. The molecule has 0 spiro atoms. The third-order valence-electron chi connectivity index (χ3n) is 7.23. The fraction of sp³-hybridized carbons (Fsp3) is 0.464. The van der Waals surface area contributed by atoms with E-state index >= 15 is 0 Å². The van der Waals surface area contributed by atoms with Crippen molar-refractivity contribution in [1.82, 2.24) is 30.4 Å². The third kappa shape index (κ3) is 6.24. The van der Waals surface area contributed by atoms with E-state index in [2.05, 4.69) is 20.7 Å². The highest BCUT2D eigenvalue weighted by molar-refractivity contribution is 5.89. The maximum absolute atomic E-state index is 13.8. The summed E-state index contributed by atoms with van der Waals surface area (Å²) < 4.78 is 19.6. The summed E-state index contributed by atoms with van der Waals surface area (Å²) in [7, 11) is 0. The Labute approximate surface area is 221 Å². The Kier molecular flexibility index (Phi) is 8.07. The molecule has 0 radical (unpaired) electrons. The van der Waals surface area contributed by atoms with Crippen molar-refractivity contribution in [3.8, 4) is 11.4 Å². The Balaban J connectivity index is 1.42. The summed E-state index contributed by atoms with van der Waals surface area (Å²) >= 11 is 0. The van der Waals surface area contributed by atoms with E-state index in [-0.39, 0.29) is 37.0 Å². The molecule has 0 unspecified atom stereocenters. The van der Waals surface area contributed by atoms with Crippen LogP contribution in [0.4, 0.5) is 4.39 Å². The number of ether oxygens (including phenoxy) is 1. The summed E-state index contributed by atoms with van der Waals surface area (Å²) in [5.74, 6) is -0.611. The third-order valence-corrected chi connectivity index (χ3v) is 7.23. The van der Waals surface area contributed by atoms with Gasteiger partial charge < -0.3 is 15.0 Å². The molecule has 3 aromatic rings. The number of hydrogen-bond donors (Lipinski definition) is 1. The maximum atomic E-state index is 13.8. The Bertz CT molecular complexity index is 1230. The summed E-state index contributed by atoms with van der Waals surface area (Å²) in [5, 5.41) is 15.7. The first-order chi connectivity index (χ1) is 18.5. The van der Waals surface area contributed by atoms with E-state index in [4.69, 9.17) is 4.74 Å². The van der Waals surface area contributed by atoms with Crippen LogP contribution in [0.5, 0.6) is 0 Å². The van der Waals surface area contributed by atoms with E-state index in [1.165, 1.54) is 21.8 Å². The predicted molar refractivity (Wildman–Crippen MR) is 138 cm³/mol. The SMILES string of the molecule is Cc1ccc(-c2nnn(CC(=O)N(C[C@@H]3CCCO3)[C@H](C(=O)NC3CCCC3)c3ccc(F)cc3)n2)cc1. The van der Waals surface area contributed by atoms with Crippen molar-refractivity contribution in [3.05, 3.63) is 65.5 Å². The number of rotatable bonds is 9. The van der Waals surface area contributed by atoms with Crippen LogP contribution in [0.25, 0.3) is 11.4 Å². The van der Waals surface area contributed by atoms with Gasteiger partial charge in [-0.2, -0.15) is 4.80 Å². The topological polar surface area (TPSA) is 102 Å². The molecule has 1 aromatic heterocycles. The van der Waals surface area contributed by atoms with E-state index in [0.717, 1.165) is 49.7 Å². The second kappa shape index (κ2) is 11.8. The average molecular weight is 521 g/mol. The number of nitrogens with zero attached hydrogens (tertiary/aromatic N) is 5. The van der Waals surface area contributed by atoms with Crippen LogP contribution in [-0.4, -0.2) is 62.2 Å². The molecule has 38 heavy (non-hydrogen) atoms. The Morgan fingerprint density at radius 1 is 1.08 bits per heavy atom. The number of aromatic nitrogens is 4. The van der Waals surface area contributed by atoms with E-state index in [0.29, 0.717) is 18.0 Å². The summed E-state index contributed by atoms with van der Waals surface area (Å²) in [5.41, 5.74) is 2.45. The molecule has 2 aromatic carbocycles. The number of carbonyl (C=O) groups excluding carboxylic acids is 2. The fourth-order valence-electron chi connectivity index (χ4n) is 5.17. The molecule has 2 aliphatic rings. The Morgan fingerprint density at radius 2 is 1.82 bits per heavy atom. The van der Waals surface area contributed by atoms with Crippen LogP contribution in [0.1, 0.15) is 55.7 Å². The highest BCUT2D eigenvalue weighted by atomic mass is 19.1. The van der Waals surface area contributed by atoms with Gasteiger partial charge in [-0.15, -0.1) is 10.2 Å². The minimum absolute atomic E-state index is 0.0687. The molecule has 10 heteroatoms. The first-order valence-corrected chi connectivity index (χ1v) is 13.3. The van der Waals surface area contributed by atoms with Crippen LogP contribution < -0.4 is 5.32 Å². The standard InChI is InChI=1S/C28H33FN6O3/c1-19-8-10-21(11-9-19)27-31-33-35(32-27)18-25(36)34(17-24-7-4-16-38-24)26(20-12-14-22(29)15-13-20)28(37)30-23-5-2-3-6-23/h8-15,23-24,26H,2-7,16-18H2,1H3,(H,30,37)/t24-,26-/m0/s1. The highest BCUT2D eigenvalue weighted by Gasteiger charge is 2.35. The molecule has 200 valence electrons. The first-order valence-electron chi connectivity index (χ1n) is 13.3. The summed E-state index contributed by atoms with van der Waals surface area (Å²) in [6.07, 6.45) is 5.44. The van der Waals surface area contributed by atoms with E-state index in [1.54, 1.807) is 12.1 Å². The Morgan fingerprint density at radius 3 is 2.50 bits per heavy atom. The van der Waals surface area contributed by atoms with Gasteiger partial charge in [-0.1, -0.05) is 54.8 Å². The highest BCUT2D eigenvalue weighted by Crippen LogP contribution is 2.27. The van der Waals surface area contributed by atoms with Gasteiger partial charge in [-0.25, -0.2) is 4.39 Å². The van der Waals surface area contributed by atoms with Gasteiger partial charge in [0.05, 0.1) is 6.10 Å². The molecule has 2 amide bonds. The molecule has 0 bridgehead atoms. The molecule has 2 fully saturated rings. The fourth-order valence-corrected chi connectivity index (χ4v) is 5.17. The number of tetrazole rings is 1. The van der Waals surface area contributed by atoms with Gasteiger partial charge in [0.1, 0.15) is 18.4 Å². The molecule has 2 heterocycles. The molecule has 2 atom stereocenters. The molecular weight excluding hydrogens is 487 g/mol. The minimum Gasteiger partial charge on any atom is -0.376 e. The molecule has 5 rings (SSSR count). The molecule has 1 aliphatic heterocycles. The van der Waals surface area contributed by atoms with Gasteiger partial charge in [0.15, 0.2) is 0 Å². The summed E-state index contributed by atoms with van der Waals surface area (Å²) in [6.45, 7) is 2.65. The molecule has 1 aliphatic carbocycles. The van der Waals surface area contributed by atoms with Crippen LogP contribution in [0.3, 0.4) is 0 Å². The van der Waals surface area contributed by atoms with Gasteiger partial charge in [0, 0.05) is 24.8 Å². The van der Waals surface area contributed by atoms with Crippen molar-refractivity contribution >= 4 is 11.8 Å². The lowest BCUT2D eigenvalue weighted by Crippen LogP contribution is -2.49.